The zero-order chi connectivity index (χ0) is 19.4. The first-order valence-electron chi connectivity index (χ1n) is 9.62. The Kier molecular flexibility index (Phi) is 5.89. The molecule has 1 saturated carbocycles. The maximum absolute atomic E-state index is 13.0. The Balaban J connectivity index is 1.63. The highest BCUT2D eigenvalue weighted by Crippen LogP contribution is 2.40. The zero-order valence-electron chi connectivity index (χ0n) is 16.3. The number of amides is 2. The fourth-order valence-electron chi connectivity index (χ4n) is 3.92. The van der Waals surface area contributed by atoms with Gasteiger partial charge in [-0.25, -0.2) is 4.98 Å². The molecule has 7 heteroatoms. The van der Waals surface area contributed by atoms with Crippen LogP contribution >= 0.6 is 0 Å². The van der Waals surface area contributed by atoms with Gasteiger partial charge in [0.15, 0.2) is 0 Å². The summed E-state index contributed by atoms with van der Waals surface area (Å²) in [7, 11) is 1.63. The number of nitrogens with zero attached hydrogens (tertiary/aromatic N) is 3. The first-order valence-corrected chi connectivity index (χ1v) is 9.62. The van der Waals surface area contributed by atoms with Crippen molar-refractivity contribution in [2.45, 2.75) is 51.5 Å². The molecule has 1 aliphatic carbocycles. The van der Waals surface area contributed by atoms with Gasteiger partial charge in [0.25, 0.3) is 5.91 Å². The van der Waals surface area contributed by atoms with Crippen molar-refractivity contribution in [3.8, 4) is 0 Å². The maximum Gasteiger partial charge on any atom is 0.255 e. The highest BCUT2D eigenvalue weighted by atomic mass is 16.5. The molecule has 0 atom stereocenters. The van der Waals surface area contributed by atoms with Crippen LogP contribution in [-0.2, 0) is 14.3 Å². The molecule has 0 radical (unpaired) electrons. The van der Waals surface area contributed by atoms with E-state index in [0.717, 1.165) is 17.8 Å². The zero-order valence-corrected chi connectivity index (χ0v) is 16.3. The Hall–Kier alpha value is -2.28. The monoisotopic (exact) mass is 372 g/mol. The number of rotatable bonds is 6. The fraction of sp³-hybridized carbons (Fsp3) is 0.600. The van der Waals surface area contributed by atoms with Crippen LogP contribution in [0, 0.1) is 12.8 Å². The Morgan fingerprint density at radius 3 is 2.78 bits per heavy atom. The Morgan fingerprint density at radius 1 is 1.41 bits per heavy atom. The lowest BCUT2D eigenvalue weighted by atomic mass is 9.76. The normalized spacial score (nSPS) is 25.0. The van der Waals surface area contributed by atoms with Gasteiger partial charge in [-0.05, 0) is 50.3 Å². The summed E-state index contributed by atoms with van der Waals surface area (Å²) in [6.45, 7) is 5.01. The van der Waals surface area contributed by atoms with Crippen LogP contribution in [0.25, 0.3) is 0 Å². The molecule has 7 nitrogen and oxygen atoms in total. The minimum absolute atomic E-state index is 0.0238. The third-order valence-corrected chi connectivity index (χ3v) is 5.48. The summed E-state index contributed by atoms with van der Waals surface area (Å²) in [5, 5.41) is 2.90. The molecule has 1 N–H and O–H groups in total. The molecule has 0 aromatic carbocycles. The first-order chi connectivity index (χ1) is 13.0. The third-order valence-electron chi connectivity index (χ3n) is 5.48. The van der Waals surface area contributed by atoms with Gasteiger partial charge in [-0.3, -0.25) is 19.5 Å². The van der Waals surface area contributed by atoms with E-state index < -0.39 is 5.54 Å². The predicted molar refractivity (Wildman–Crippen MR) is 104 cm³/mol. The maximum atomic E-state index is 13.0. The predicted octanol–water partition coefficient (Wildman–Crippen LogP) is 2.55. The molecule has 146 valence electrons. The van der Waals surface area contributed by atoms with Gasteiger partial charge in [0.2, 0.25) is 5.91 Å². The van der Waals surface area contributed by atoms with E-state index in [-0.39, 0.29) is 17.7 Å². The van der Waals surface area contributed by atoms with Crippen LogP contribution in [0.15, 0.2) is 23.3 Å². The number of methoxy groups -OCH3 is 1. The van der Waals surface area contributed by atoms with E-state index in [0.29, 0.717) is 44.7 Å². The number of amidine groups is 1. The van der Waals surface area contributed by atoms with Gasteiger partial charge in [-0.1, -0.05) is 6.92 Å². The van der Waals surface area contributed by atoms with Crippen molar-refractivity contribution in [3.05, 3.63) is 23.9 Å². The molecule has 1 spiro atoms. The molecule has 0 unspecified atom stereocenters. The molecular formula is C20H28N4O3. The molecule has 1 aromatic rings. The Bertz CT molecular complexity index is 738. The molecule has 1 fully saturated rings. The summed E-state index contributed by atoms with van der Waals surface area (Å²) in [6, 6.07) is 3.75. The van der Waals surface area contributed by atoms with E-state index in [1.807, 2.05) is 26.0 Å². The van der Waals surface area contributed by atoms with Gasteiger partial charge in [0, 0.05) is 25.6 Å². The second-order valence-electron chi connectivity index (χ2n) is 7.34. The number of anilines is 1. The Labute approximate surface area is 160 Å². The van der Waals surface area contributed by atoms with Gasteiger partial charge in [0.05, 0.1) is 13.2 Å². The van der Waals surface area contributed by atoms with Crippen molar-refractivity contribution in [1.29, 1.82) is 0 Å². The summed E-state index contributed by atoms with van der Waals surface area (Å²) in [4.78, 5) is 36.3. The topological polar surface area (TPSA) is 83.9 Å². The molecule has 2 aliphatic rings. The summed E-state index contributed by atoms with van der Waals surface area (Å²) in [5.74, 6) is 1.34. The van der Waals surface area contributed by atoms with Crippen molar-refractivity contribution in [3.63, 3.8) is 0 Å². The lowest BCUT2D eigenvalue weighted by molar-refractivity contribution is -0.134. The van der Waals surface area contributed by atoms with Crippen molar-refractivity contribution >= 4 is 23.5 Å². The fourth-order valence-corrected chi connectivity index (χ4v) is 3.92. The van der Waals surface area contributed by atoms with Crippen molar-refractivity contribution in [2.24, 2.45) is 10.9 Å². The average Bonchev–Trinajstić information content (AvgIpc) is 2.92. The number of aliphatic imine (C=N–C) groups is 1. The largest absolute Gasteiger partial charge is 0.383 e. The number of nitrogens with one attached hydrogen (secondary N) is 1. The van der Waals surface area contributed by atoms with Crippen LogP contribution in [0.5, 0.6) is 0 Å². The van der Waals surface area contributed by atoms with Crippen molar-refractivity contribution < 1.29 is 14.3 Å². The molecule has 1 aromatic heterocycles. The summed E-state index contributed by atoms with van der Waals surface area (Å²) < 4.78 is 5.13. The summed E-state index contributed by atoms with van der Waals surface area (Å²) in [5.41, 5.74) is 0.370. The molecule has 2 amide bonds. The van der Waals surface area contributed by atoms with Crippen molar-refractivity contribution in [1.82, 2.24) is 9.88 Å². The van der Waals surface area contributed by atoms with E-state index in [2.05, 4.69) is 10.3 Å². The molecule has 0 saturated heterocycles. The van der Waals surface area contributed by atoms with Crippen molar-refractivity contribution in [2.75, 3.05) is 25.6 Å². The van der Waals surface area contributed by atoms with Crippen LogP contribution < -0.4 is 5.32 Å². The second kappa shape index (κ2) is 8.17. The smallest absolute Gasteiger partial charge is 0.255 e. The van der Waals surface area contributed by atoms with E-state index >= 15 is 0 Å². The number of aromatic nitrogens is 1. The molecule has 0 bridgehead atoms. The minimum Gasteiger partial charge on any atom is -0.383 e. The van der Waals surface area contributed by atoms with Crippen LogP contribution in [0.3, 0.4) is 0 Å². The quantitative estimate of drug-likeness (QED) is 0.832. The number of hydrogen-bond acceptors (Lipinski definition) is 5. The SMILES string of the molecule is CCC1=NC2(CCC(C(=O)Nc3cc(C)ccn3)CC2)C(=O)N1CCOC. The van der Waals surface area contributed by atoms with E-state index in [9.17, 15) is 9.59 Å². The third kappa shape index (κ3) is 4.03. The molecule has 1 aliphatic heterocycles. The minimum atomic E-state index is -0.683. The van der Waals surface area contributed by atoms with E-state index in [1.165, 1.54) is 0 Å². The van der Waals surface area contributed by atoms with Gasteiger partial charge in [0.1, 0.15) is 17.2 Å². The number of ether oxygens (including phenoxy) is 1. The van der Waals surface area contributed by atoms with Gasteiger partial charge < -0.3 is 10.1 Å². The second-order valence-corrected chi connectivity index (χ2v) is 7.34. The van der Waals surface area contributed by atoms with Gasteiger partial charge in [-0.2, -0.15) is 0 Å². The Morgan fingerprint density at radius 2 is 2.15 bits per heavy atom. The van der Waals surface area contributed by atoms with Crippen LogP contribution in [0.1, 0.15) is 44.6 Å². The molecule has 3 rings (SSSR count). The number of aryl methyl sites for hydroxylation is 1. The lowest BCUT2D eigenvalue weighted by Crippen LogP contribution is -2.46. The number of carbonyl (C=O) groups excluding carboxylic acids is 2. The standard InChI is InChI=1S/C20H28N4O3/c1-4-17-23-20(19(26)24(17)11-12-27-3)8-5-15(6-9-20)18(25)22-16-13-14(2)7-10-21-16/h7,10,13,15H,4-6,8-9,11-12H2,1-3H3,(H,21,22,25). The highest BCUT2D eigenvalue weighted by Gasteiger charge is 2.50. The van der Waals surface area contributed by atoms with E-state index in [1.54, 1.807) is 18.2 Å². The van der Waals surface area contributed by atoms with Gasteiger partial charge >= 0.3 is 0 Å². The highest BCUT2D eigenvalue weighted by molar-refractivity contribution is 6.08. The van der Waals surface area contributed by atoms with Crippen LogP contribution in [-0.4, -0.2) is 53.3 Å². The van der Waals surface area contributed by atoms with Gasteiger partial charge in [-0.15, -0.1) is 0 Å². The lowest BCUT2D eigenvalue weighted by Gasteiger charge is -2.33. The first kappa shape index (κ1) is 19.5. The summed E-state index contributed by atoms with van der Waals surface area (Å²) in [6.07, 6.45) is 4.94. The van der Waals surface area contributed by atoms with Crippen LogP contribution in [0.4, 0.5) is 5.82 Å². The molecular weight excluding hydrogens is 344 g/mol. The number of carbonyl (C=O) groups is 2. The van der Waals surface area contributed by atoms with E-state index in [4.69, 9.17) is 9.73 Å². The number of pyridine rings is 1. The average molecular weight is 372 g/mol. The molecule has 2 heterocycles. The molecule has 27 heavy (non-hydrogen) atoms. The number of hydrogen-bond donors (Lipinski definition) is 1. The summed E-state index contributed by atoms with van der Waals surface area (Å²) >= 11 is 0. The van der Waals surface area contributed by atoms with Crippen LogP contribution in [0.2, 0.25) is 0 Å².